The van der Waals surface area contributed by atoms with Crippen molar-refractivity contribution in [2.24, 2.45) is 0 Å². The molecule has 0 spiro atoms. The molecule has 48 heavy (non-hydrogen) atoms. The van der Waals surface area contributed by atoms with Gasteiger partial charge >= 0.3 is 12.0 Å². The van der Waals surface area contributed by atoms with Crippen LogP contribution in [-0.4, -0.2) is 45.8 Å². The molecule has 3 N–H and O–H groups in total. The number of Topliss-reactive ketones (excluding diaryl/α,β-unsaturated/α-hetero) is 1. The van der Waals surface area contributed by atoms with Crippen LogP contribution in [0.2, 0.25) is 5.02 Å². The van der Waals surface area contributed by atoms with Crippen molar-refractivity contribution in [2.75, 3.05) is 7.11 Å². The number of carbonyl (C=O) groups is 4. The number of ether oxygens (including phenoxy) is 2. The normalized spacial score (nSPS) is 14.8. The van der Waals surface area contributed by atoms with Crippen LogP contribution in [0.25, 0.3) is 0 Å². The molecular weight excluding hydrogens is 704 g/mol. The number of methoxy groups -OCH3 is 1. The number of aromatic nitrogens is 3. The molecule has 1 aromatic heterocycles. The molecule has 0 bridgehead atoms. The van der Waals surface area contributed by atoms with E-state index in [9.17, 15) is 19.2 Å². The lowest BCUT2D eigenvalue weighted by molar-refractivity contribution is -0.136. The Kier molecular flexibility index (Phi) is 11.2. The van der Waals surface area contributed by atoms with Crippen molar-refractivity contribution in [3.8, 4) is 5.75 Å². The van der Waals surface area contributed by atoms with Gasteiger partial charge < -0.3 is 25.4 Å². The Balaban J connectivity index is 1.15. The second-order valence-electron chi connectivity index (χ2n) is 10.9. The van der Waals surface area contributed by atoms with E-state index >= 15 is 0 Å². The molecule has 248 valence electrons. The van der Waals surface area contributed by atoms with E-state index in [1.165, 1.54) is 7.11 Å². The van der Waals surface area contributed by atoms with Crippen LogP contribution >= 0.6 is 27.5 Å². The van der Waals surface area contributed by atoms with Gasteiger partial charge in [-0.05, 0) is 54.4 Å². The van der Waals surface area contributed by atoms with Crippen LogP contribution in [0.5, 0.6) is 5.75 Å². The standard InChI is InChI=1S/C34H32BrClN6O6/c1-20-31(33(45)47-2)32(39-34(46)37-20)23-7-13-27(14-8-23)48-19-26-18-42(41-40-26)16-15-30(44)38-28(21-5-11-25(36)12-6-21)17-29(43)22-3-9-24(35)10-4-22/h3-14,18,28,32H,15-17,19H2,1-2H3,(H,38,44)(H2,37,39,46). The highest BCUT2D eigenvalue weighted by Gasteiger charge is 2.31. The summed E-state index contributed by atoms with van der Waals surface area (Å²) in [6.07, 6.45) is 1.88. The molecule has 2 unspecified atom stereocenters. The van der Waals surface area contributed by atoms with Crippen LogP contribution in [0, 0.1) is 0 Å². The van der Waals surface area contributed by atoms with Gasteiger partial charge in [-0.2, -0.15) is 0 Å². The maximum absolute atomic E-state index is 13.0. The lowest BCUT2D eigenvalue weighted by atomic mass is 9.95. The molecule has 1 aliphatic rings. The summed E-state index contributed by atoms with van der Waals surface area (Å²) in [5, 5.41) is 17.1. The van der Waals surface area contributed by atoms with Crippen LogP contribution in [0.3, 0.4) is 0 Å². The minimum atomic E-state index is -0.675. The first-order valence-electron chi connectivity index (χ1n) is 14.9. The first-order chi connectivity index (χ1) is 23.1. The molecule has 2 atom stereocenters. The number of hydrogen-bond acceptors (Lipinski definition) is 8. The fourth-order valence-electron chi connectivity index (χ4n) is 5.12. The molecule has 0 radical (unpaired) electrons. The Morgan fingerprint density at radius 1 is 1.04 bits per heavy atom. The largest absolute Gasteiger partial charge is 0.487 e. The lowest BCUT2D eigenvalue weighted by Gasteiger charge is -2.27. The molecule has 0 saturated heterocycles. The number of allylic oxidation sites excluding steroid dienone is 1. The number of nitrogens with one attached hydrogen (secondary N) is 3. The smallest absolute Gasteiger partial charge is 0.337 e. The van der Waals surface area contributed by atoms with Crippen molar-refractivity contribution in [3.63, 3.8) is 0 Å². The number of rotatable bonds is 13. The van der Waals surface area contributed by atoms with E-state index in [0.29, 0.717) is 38.9 Å². The summed E-state index contributed by atoms with van der Waals surface area (Å²) in [4.78, 5) is 50.4. The van der Waals surface area contributed by atoms with Crippen molar-refractivity contribution < 1.29 is 28.7 Å². The fraction of sp³-hybridized carbons (Fsp3) is 0.235. The zero-order valence-electron chi connectivity index (χ0n) is 26.0. The van der Waals surface area contributed by atoms with Crippen LogP contribution in [0.4, 0.5) is 4.79 Å². The van der Waals surface area contributed by atoms with E-state index in [-0.39, 0.29) is 37.7 Å². The van der Waals surface area contributed by atoms with Crippen LogP contribution < -0.4 is 20.7 Å². The number of hydrogen-bond donors (Lipinski definition) is 3. The Hall–Kier alpha value is -5.01. The first kappa shape index (κ1) is 34.3. The lowest BCUT2D eigenvalue weighted by Crippen LogP contribution is -2.45. The second kappa shape index (κ2) is 15.7. The maximum atomic E-state index is 13.0. The van der Waals surface area contributed by atoms with E-state index in [1.807, 2.05) is 0 Å². The summed E-state index contributed by atoms with van der Waals surface area (Å²) in [7, 11) is 1.28. The third kappa shape index (κ3) is 8.87. The number of urea groups is 1. The Morgan fingerprint density at radius 3 is 2.44 bits per heavy atom. The zero-order valence-corrected chi connectivity index (χ0v) is 28.4. The number of benzene rings is 3. The third-order valence-corrected chi connectivity index (χ3v) is 8.37. The summed E-state index contributed by atoms with van der Waals surface area (Å²) in [5.41, 5.74) is 3.28. The molecule has 5 rings (SSSR count). The number of nitrogens with zero attached hydrogens (tertiary/aromatic N) is 3. The highest BCUT2D eigenvalue weighted by molar-refractivity contribution is 9.10. The van der Waals surface area contributed by atoms with Gasteiger partial charge in [-0.15, -0.1) is 5.10 Å². The summed E-state index contributed by atoms with van der Waals surface area (Å²) < 4.78 is 13.2. The molecule has 3 aromatic carbocycles. The third-order valence-electron chi connectivity index (χ3n) is 7.59. The van der Waals surface area contributed by atoms with Crippen molar-refractivity contribution in [3.05, 3.63) is 122 Å². The average Bonchev–Trinajstić information content (AvgIpc) is 3.54. The molecule has 12 nitrogen and oxygen atoms in total. The van der Waals surface area contributed by atoms with Gasteiger partial charge in [0.05, 0.1) is 37.5 Å². The van der Waals surface area contributed by atoms with Gasteiger partial charge in [0.25, 0.3) is 0 Å². The number of halogens is 2. The Bertz CT molecular complexity index is 1830. The van der Waals surface area contributed by atoms with E-state index in [0.717, 1.165) is 10.0 Å². The first-order valence-corrected chi connectivity index (χ1v) is 16.1. The van der Waals surface area contributed by atoms with Gasteiger partial charge in [-0.25, -0.2) is 9.59 Å². The van der Waals surface area contributed by atoms with E-state index < -0.39 is 24.1 Å². The van der Waals surface area contributed by atoms with E-state index in [4.69, 9.17) is 21.1 Å². The molecule has 0 saturated carbocycles. The van der Waals surface area contributed by atoms with Crippen molar-refractivity contribution in [2.45, 2.75) is 45.0 Å². The highest BCUT2D eigenvalue weighted by Crippen LogP contribution is 2.29. The SMILES string of the molecule is COC(=O)C1=C(C)NC(=O)NC1c1ccc(OCc2cn(CCC(=O)NC(CC(=O)c3ccc(Br)cc3)c3ccc(Cl)cc3)nn2)cc1. The highest BCUT2D eigenvalue weighted by atomic mass is 79.9. The van der Waals surface area contributed by atoms with Gasteiger partial charge in [0, 0.05) is 33.6 Å². The van der Waals surface area contributed by atoms with Gasteiger partial charge in [-0.1, -0.05) is 69.1 Å². The monoisotopic (exact) mass is 734 g/mol. The van der Waals surface area contributed by atoms with Crippen molar-refractivity contribution in [1.82, 2.24) is 30.9 Å². The van der Waals surface area contributed by atoms with E-state index in [2.05, 4.69) is 42.2 Å². The number of esters is 1. The van der Waals surface area contributed by atoms with Crippen molar-refractivity contribution >= 4 is 51.2 Å². The Morgan fingerprint density at radius 2 is 1.75 bits per heavy atom. The van der Waals surface area contributed by atoms with E-state index in [1.54, 1.807) is 90.6 Å². The minimum absolute atomic E-state index is 0.0794. The number of ketones is 1. The molecular formula is C34H32BrClN6O6. The molecule has 0 aliphatic carbocycles. The molecule has 0 fully saturated rings. The molecule has 4 aromatic rings. The average molecular weight is 736 g/mol. The maximum Gasteiger partial charge on any atom is 0.337 e. The number of carbonyl (C=O) groups excluding carboxylic acids is 4. The summed E-state index contributed by atoms with van der Waals surface area (Å²) in [6.45, 7) is 2.03. The van der Waals surface area contributed by atoms with Crippen molar-refractivity contribution in [1.29, 1.82) is 0 Å². The predicted molar refractivity (Wildman–Crippen MR) is 180 cm³/mol. The van der Waals surface area contributed by atoms with Crippen LogP contribution in [0.1, 0.15) is 59.0 Å². The summed E-state index contributed by atoms with van der Waals surface area (Å²) in [5.74, 6) is -0.357. The van der Waals surface area contributed by atoms with Gasteiger partial charge in [0.2, 0.25) is 5.91 Å². The van der Waals surface area contributed by atoms with Crippen LogP contribution in [-0.2, 0) is 27.5 Å². The van der Waals surface area contributed by atoms with Crippen LogP contribution in [0.15, 0.2) is 94.7 Å². The number of amides is 3. The quantitative estimate of drug-likeness (QED) is 0.119. The van der Waals surface area contributed by atoms with Gasteiger partial charge in [-0.3, -0.25) is 14.3 Å². The molecule has 14 heteroatoms. The Labute approximate surface area is 290 Å². The predicted octanol–water partition coefficient (Wildman–Crippen LogP) is 5.59. The summed E-state index contributed by atoms with van der Waals surface area (Å²) in [6, 6.07) is 19.4. The fourth-order valence-corrected chi connectivity index (χ4v) is 5.51. The minimum Gasteiger partial charge on any atom is -0.487 e. The topological polar surface area (TPSA) is 154 Å². The number of aryl methyl sites for hydroxylation is 1. The zero-order chi connectivity index (χ0) is 34.2. The summed E-state index contributed by atoms with van der Waals surface area (Å²) >= 11 is 9.44. The second-order valence-corrected chi connectivity index (χ2v) is 12.3. The molecule has 2 heterocycles. The van der Waals surface area contributed by atoms with Gasteiger partial charge in [0.15, 0.2) is 5.78 Å². The molecule has 3 amide bonds. The molecule has 1 aliphatic heterocycles. The van der Waals surface area contributed by atoms with Gasteiger partial charge in [0.1, 0.15) is 18.1 Å².